The normalized spacial score (nSPS) is 11.1. The minimum Gasteiger partial charge on any atom is -0.309 e. The van der Waals surface area contributed by atoms with Crippen molar-refractivity contribution in [1.29, 1.82) is 5.26 Å². The number of amides is 1. The van der Waals surface area contributed by atoms with Gasteiger partial charge < -0.3 is 5.32 Å². The zero-order chi connectivity index (χ0) is 17.2. The van der Waals surface area contributed by atoms with Crippen molar-refractivity contribution >= 4 is 11.7 Å². The summed E-state index contributed by atoms with van der Waals surface area (Å²) in [7, 11) is 0. The van der Waals surface area contributed by atoms with Crippen molar-refractivity contribution in [2.45, 2.75) is 26.6 Å². The highest BCUT2D eigenvalue weighted by Gasteiger charge is 2.34. The standard InChI is InChI=1S/C14H12F3N5O/c1-8-3-10(6-18)5-12(19-8)20-13(23)7-22-9(2)4-11(21-22)14(15,16)17/h3-5H,7H2,1-2H3,(H,19,20,23). The van der Waals surface area contributed by atoms with Gasteiger partial charge in [0.15, 0.2) is 5.69 Å². The van der Waals surface area contributed by atoms with Gasteiger partial charge in [0.25, 0.3) is 0 Å². The number of carbonyl (C=O) groups excluding carboxylic acids is 1. The molecule has 0 saturated heterocycles. The second-order valence-corrected chi connectivity index (χ2v) is 4.87. The number of nitrogens with one attached hydrogen (secondary N) is 1. The molecule has 0 radical (unpaired) electrons. The molecule has 0 aliphatic heterocycles. The quantitative estimate of drug-likeness (QED) is 0.940. The van der Waals surface area contributed by atoms with Crippen LogP contribution in [0.4, 0.5) is 19.0 Å². The molecule has 0 aliphatic rings. The van der Waals surface area contributed by atoms with E-state index in [0.717, 1.165) is 10.7 Å². The Kier molecular flexibility index (Phi) is 4.36. The van der Waals surface area contributed by atoms with Gasteiger partial charge in [0.1, 0.15) is 12.4 Å². The molecule has 0 unspecified atom stereocenters. The summed E-state index contributed by atoms with van der Waals surface area (Å²) < 4.78 is 38.7. The molecule has 2 heterocycles. The van der Waals surface area contributed by atoms with E-state index in [-0.39, 0.29) is 18.1 Å². The maximum absolute atomic E-state index is 12.6. The first-order chi connectivity index (χ1) is 10.7. The Bertz CT molecular complexity index is 789. The zero-order valence-electron chi connectivity index (χ0n) is 12.3. The summed E-state index contributed by atoms with van der Waals surface area (Å²) in [6.45, 7) is 2.69. The van der Waals surface area contributed by atoms with E-state index in [1.54, 1.807) is 13.0 Å². The van der Waals surface area contributed by atoms with E-state index in [0.29, 0.717) is 11.3 Å². The largest absolute Gasteiger partial charge is 0.435 e. The number of alkyl halides is 3. The molecule has 0 saturated carbocycles. The van der Waals surface area contributed by atoms with Gasteiger partial charge in [-0.25, -0.2) is 4.98 Å². The number of pyridine rings is 1. The Hall–Kier alpha value is -2.89. The van der Waals surface area contributed by atoms with E-state index in [4.69, 9.17) is 5.26 Å². The van der Waals surface area contributed by atoms with Gasteiger partial charge in [-0.3, -0.25) is 9.48 Å². The average Bonchev–Trinajstić information content (AvgIpc) is 2.79. The molecule has 0 aromatic carbocycles. The molecule has 6 nitrogen and oxygen atoms in total. The molecule has 0 fully saturated rings. The molecule has 23 heavy (non-hydrogen) atoms. The van der Waals surface area contributed by atoms with Gasteiger partial charge in [-0.1, -0.05) is 0 Å². The number of nitrogens with zero attached hydrogens (tertiary/aromatic N) is 4. The Morgan fingerprint density at radius 1 is 1.35 bits per heavy atom. The van der Waals surface area contributed by atoms with Crippen molar-refractivity contribution in [3.63, 3.8) is 0 Å². The summed E-state index contributed by atoms with van der Waals surface area (Å²) in [6.07, 6.45) is -4.56. The van der Waals surface area contributed by atoms with Crippen LogP contribution in [-0.4, -0.2) is 20.7 Å². The highest BCUT2D eigenvalue weighted by molar-refractivity contribution is 5.89. The van der Waals surface area contributed by atoms with Crippen LogP contribution in [0.1, 0.15) is 22.6 Å². The summed E-state index contributed by atoms with van der Waals surface area (Å²) in [5.41, 5.74) is 0.0158. The number of hydrogen-bond donors (Lipinski definition) is 1. The Morgan fingerprint density at radius 2 is 2.04 bits per heavy atom. The Labute approximate surface area is 129 Å². The second-order valence-electron chi connectivity index (χ2n) is 4.87. The lowest BCUT2D eigenvalue weighted by Crippen LogP contribution is -2.21. The monoisotopic (exact) mass is 323 g/mol. The lowest BCUT2D eigenvalue weighted by atomic mass is 10.2. The third-order valence-electron chi connectivity index (χ3n) is 2.92. The highest BCUT2D eigenvalue weighted by Crippen LogP contribution is 2.28. The van der Waals surface area contributed by atoms with Crippen molar-refractivity contribution in [1.82, 2.24) is 14.8 Å². The lowest BCUT2D eigenvalue weighted by molar-refractivity contribution is -0.141. The van der Waals surface area contributed by atoms with Crippen LogP contribution in [0.5, 0.6) is 0 Å². The first-order valence-electron chi connectivity index (χ1n) is 6.49. The number of nitriles is 1. The number of halogens is 3. The van der Waals surface area contributed by atoms with Crippen molar-refractivity contribution in [3.05, 3.63) is 40.8 Å². The molecule has 0 bridgehead atoms. The molecular weight excluding hydrogens is 311 g/mol. The van der Waals surface area contributed by atoms with Crippen molar-refractivity contribution in [3.8, 4) is 6.07 Å². The summed E-state index contributed by atoms with van der Waals surface area (Å²) in [4.78, 5) is 16.0. The molecule has 0 aliphatic carbocycles. The van der Waals surface area contributed by atoms with Gasteiger partial charge >= 0.3 is 6.18 Å². The number of anilines is 1. The fourth-order valence-electron chi connectivity index (χ4n) is 1.92. The molecule has 9 heteroatoms. The molecule has 1 amide bonds. The third-order valence-corrected chi connectivity index (χ3v) is 2.92. The van der Waals surface area contributed by atoms with E-state index >= 15 is 0 Å². The first kappa shape index (κ1) is 16.5. The van der Waals surface area contributed by atoms with Gasteiger partial charge in [0, 0.05) is 11.4 Å². The zero-order valence-corrected chi connectivity index (χ0v) is 12.3. The number of carbonyl (C=O) groups is 1. The molecule has 0 atom stereocenters. The van der Waals surface area contributed by atoms with Gasteiger partial charge in [0.05, 0.1) is 11.6 Å². The van der Waals surface area contributed by atoms with Gasteiger partial charge in [-0.15, -0.1) is 0 Å². The summed E-state index contributed by atoms with van der Waals surface area (Å²) in [5, 5.41) is 14.7. The van der Waals surface area contributed by atoms with E-state index in [9.17, 15) is 18.0 Å². The maximum Gasteiger partial charge on any atom is 0.435 e. The number of hydrogen-bond acceptors (Lipinski definition) is 4. The molecule has 2 rings (SSSR count). The Balaban J connectivity index is 2.13. The molecule has 1 N–H and O–H groups in total. The average molecular weight is 323 g/mol. The highest BCUT2D eigenvalue weighted by atomic mass is 19.4. The second kappa shape index (κ2) is 6.08. The molecule has 2 aromatic rings. The van der Waals surface area contributed by atoms with Crippen LogP contribution in [0.2, 0.25) is 0 Å². The van der Waals surface area contributed by atoms with Gasteiger partial charge in [0.2, 0.25) is 5.91 Å². The lowest BCUT2D eigenvalue weighted by Gasteiger charge is -2.07. The fraction of sp³-hybridized carbons (Fsp3) is 0.286. The van der Waals surface area contributed by atoms with Crippen LogP contribution < -0.4 is 5.32 Å². The smallest absolute Gasteiger partial charge is 0.309 e. The fourth-order valence-corrected chi connectivity index (χ4v) is 1.92. The minimum absolute atomic E-state index is 0.160. The maximum atomic E-state index is 12.6. The number of aryl methyl sites for hydroxylation is 2. The van der Waals surface area contributed by atoms with Crippen molar-refractivity contribution in [2.75, 3.05) is 5.32 Å². The van der Waals surface area contributed by atoms with E-state index in [2.05, 4.69) is 15.4 Å². The Morgan fingerprint density at radius 3 is 2.61 bits per heavy atom. The molecule has 120 valence electrons. The predicted octanol–water partition coefficient (Wildman–Crippen LogP) is 2.42. The van der Waals surface area contributed by atoms with E-state index in [1.807, 2.05) is 6.07 Å². The molecular formula is C14H12F3N5O. The number of rotatable bonds is 3. The van der Waals surface area contributed by atoms with Gasteiger partial charge in [-0.05, 0) is 32.0 Å². The molecule has 0 spiro atoms. The van der Waals surface area contributed by atoms with Crippen molar-refractivity contribution < 1.29 is 18.0 Å². The summed E-state index contributed by atoms with van der Waals surface area (Å²) >= 11 is 0. The first-order valence-corrected chi connectivity index (χ1v) is 6.49. The van der Waals surface area contributed by atoms with Crippen LogP contribution >= 0.6 is 0 Å². The van der Waals surface area contributed by atoms with Crippen LogP contribution in [0, 0.1) is 25.2 Å². The topological polar surface area (TPSA) is 83.6 Å². The van der Waals surface area contributed by atoms with E-state index in [1.165, 1.54) is 13.0 Å². The van der Waals surface area contributed by atoms with Crippen molar-refractivity contribution in [2.24, 2.45) is 0 Å². The van der Waals surface area contributed by atoms with Gasteiger partial charge in [-0.2, -0.15) is 23.5 Å². The van der Waals surface area contributed by atoms with Crippen LogP contribution in [-0.2, 0) is 17.5 Å². The van der Waals surface area contributed by atoms with E-state index < -0.39 is 17.8 Å². The third kappa shape index (κ3) is 4.06. The summed E-state index contributed by atoms with van der Waals surface area (Å²) in [5.74, 6) is -0.431. The number of aromatic nitrogens is 3. The van der Waals surface area contributed by atoms with Crippen LogP contribution in [0.15, 0.2) is 18.2 Å². The van der Waals surface area contributed by atoms with Crippen LogP contribution in [0.25, 0.3) is 0 Å². The summed E-state index contributed by atoms with van der Waals surface area (Å²) in [6, 6.07) is 5.71. The molecule has 2 aromatic heterocycles. The predicted molar refractivity (Wildman–Crippen MR) is 74.3 cm³/mol. The van der Waals surface area contributed by atoms with Crippen LogP contribution in [0.3, 0.4) is 0 Å². The SMILES string of the molecule is Cc1cc(C#N)cc(NC(=O)Cn2nc(C(F)(F)F)cc2C)n1. The minimum atomic E-state index is -4.56.